The predicted octanol–water partition coefficient (Wildman–Crippen LogP) is 5.75. The van der Waals surface area contributed by atoms with E-state index in [-0.39, 0.29) is 17.6 Å². The first-order valence-electron chi connectivity index (χ1n) is 19.7. The quantitative estimate of drug-likeness (QED) is 0.0475. The number of esters is 1. The lowest BCUT2D eigenvalue weighted by Crippen LogP contribution is -2.66. The Kier molecular flexibility index (Phi) is 23.7. The van der Waals surface area contributed by atoms with Gasteiger partial charge in [0, 0.05) is 12.2 Å². The highest BCUT2D eigenvalue weighted by atomic mass is 28.4. The first kappa shape index (κ1) is 46.2. The number of carbonyl (C=O) groups excluding carboxylic acids is 1. The number of anilines is 1. The summed E-state index contributed by atoms with van der Waals surface area (Å²) >= 11 is 0. The van der Waals surface area contributed by atoms with E-state index in [0.29, 0.717) is 105 Å². The Bertz CT molecular complexity index is 1340. The molecule has 0 saturated carbocycles. The van der Waals surface area contributed by atoms with Crippen molar-refractivity contribution in [3.8, 4) is 0 Å². The molecular formula is C43H65NO10Si. The van der Waals surface area contributed by atoms with Gasteiger partial charge in [0.2, 0.25) is 0 Å². The molecule has 0 aliphatic heterocycles. The van der Waals surface area contributed by atoms with Gasteiger partial charge in [-0.2, -0.15) is 0 Å². The maximum absolute atomic E-state index is 12.2. The summed E-state index contributed by atoms with van der Waals surface area (Å²) in [6, 6.07) is 28.6. The van der Waals surface area contributed by atoms with E-state index in [0.717, 1.165) is 25.1 Å². The van der Waals surface area contributed by atoms with Gasteiger partial charge in [0.25, 0.3) is 8.32 Å². The normalized spacial score (nSPS) is 11.9. The summed E-state index contributed by atoms with van der Waals surface area (Å²) in [6.07, 6.45) is 2.24. The maximum atomic E-state index is 12.2. The van der Waals surface area contributed by atoms with E-state index in [1.807, 2.05) is 12.1 Å². The fourth-order valence-corrected chi connectivity index (χ4v) is 10.4. The van der Waals surface area contributed by atoms with Gasteiger partial charge in [-0.15, -0.1) is 0 Å². The van der Waals surface area contributed by atoms with Gasteiger partial charge in [0.1, 0.15) is 6.61 Å². The standard InChI is InChI=1S/C43H65NO10Si/c1-5-6-21-44-39-19-17-38(18-20-39)42(45)53-36-34-51-32-30-49-28-26-47-24-22-46-23-25-48-27-29-50-31-33-52-35-37-54-55(43(2,3)4,40-13-9-7-10-14-40)41-15-11-8-12-16-41/h7-20,44H,5-6,21-37H2,1-4H3. The van der Waals surface area contributed by atoms with E-state index < -0.39 is 8.32 Å². The Labute approximate surface area is 330 Å². The third-order valence-electron chi connectivity index (χ3n) is 8.64. The summed E-state index contributed by atoms with van der Waals surface area (Å²) in [6.45, 7) is 17.1. The summed E-state index contributed by atoms with van der Waals surface area (Å²) in [7, 11) is -2.55. The van der Waals surface area contributed by atoms with Gasteiger partial charge >= 0.3 is 5.97 Å². The van der Waals surface area contributed by atoms with Crippen molar-refractivity contribution in [3.63, 3.8) is 0 Å². The van der Waals surface area contributed by atoms with Crippen LogP contribution in [0.5, 0.6) is 0 Å². The van der Waals surface area contributed by atoms with E-state index in [2.05, 4.69) is 93.7 Å². The van der Waals surface area contributed by atoms with E-state index in [1.165, 1.54) is 10.4 Å². The molecule has 0 bridgehead atoms. The molecule has 3 aromatic carbocycles. The van der Waals surface area contributed by atoms with Crippen molar-refractivity contribution in [2.75, 3.05) is 118 Å². The highest BCUT2D eigenvalue weighted by Crippen LogP contribution is 2.36. The third kappa shape index (κ3) is 18.1. The molecule has 55 heavy (non-hydrogen) atoms. The van der Waals surface area contributed by atoms with Gasteiger partial charge in [0.05, 0.1) is 105 Å². The second-order valence-corrected chi connectivity index (χ2v) is 18.1. The molecule has 0 radical (unpaired) electrons. The van der Waals surface area contributed by atoms with Crippen LogP contribution in [0.1, 0.15) is 50.9 Å². The van der Waals surface area contributed by atoms with Crippen LogP contribution in [0.15, 0.2) is 84.9 Å². The molecule has 306 valence electrons. The fraction of sp³-hybridized carbons (Fsp3) is 0.558. The zero-order chi connectivity index (χ0) is 39.3. The van der Waals surface area contributed by atoms with Gasteiger partial charge in [-0.3, -0.25) is 0 Å². The fourth-order valence-electron chi connectivity index (χ4n) is 5.85. The van der Waals surface area contributed by atoms with Crippen LogP contribution in [0, 0.1) is 0 Å². The van der Waals surface area contributed by atoms with Crippen LogP contribution >= 0.6 is 0 Å². The number of carbonyl (C=O) groups is 1. The molecule has 3 aromatic rings. The Morgan fingerprint density at radius 2 is 0.909 bits per heavy atom. The van der Waals surface area contributed by atoms with Crippen molar-refractivity contribution < 1.29 is 47.1 Å². The zero-order valence-electron chi connectivity index (χ0n) is 33.6. The molecule has 0 unspecified atom stereocenters. The van der Waals surface area contributed by atoms with E-state index in [1.54, 1.807) is 12.1 Å². The topological polar surface area (TPSA) is 112 Å². The maximum Gasteiger partial charge on any atom is 0.338 e. The molecule has 11 nitrogen and oxygen atoms in total. The van der Waals surface area contributed by atoms with Gasteiger partial charge < -0.3 is 47.6 Å². The molecule has 0 fully saturated rings. The van der Waals surface area contributed by atoms with Crippen molar-refractivity contribution in [1.82, 2.24) is 0 Å². The third-order valence-corrected chi connectivity index (χ3v) is 13.7. The molecular weight excluding hydrogens is 719 g/mol. The Hall–Kier alpha value is -3.17. The lowest BCUT2D eigenvalue weighted by Gasteiger charge is -2.43. The monoisotopic (exact) mass is 783 g/mol. The van der Waals surface area contributed by atoms with Crippen LogP contribution in [0.25, 0.3) is 0 Å². The second kappa shape index (κ2) is 28.3. The number of hydrogen-bond donors (Lipinski definition) is 1. The van der Waals surface area contributed by atoms with Crippen molar-refractivity contribution in [2.24, 2.45) is 0 Å². The first-order valence-corrected chi connectivity index (χ1v) is 21.6. The molecule has 0 aromatic heterocycles. The number of rotatable bonds is 32. The number of benzene rings is 3. The highest BCUT2D eigenvalue weighted by molar-refractivity contribution is 6.99. The lowest BCUT2D eigenvalue weighted by atomic mass is 10.2. The van der Waals surface area contributed by atoms with Gasteiger partial charge in [-0.1, -0.05) is 94.8 Å². The molecule has 0 atom stereocenters. The highest BCUT2D eigenvalue weighted by Gasteiger charge is 2.50. The summed E-state index contributed by atoms with van der Waals surface area (Å²) < 4.78 is 51.3. The molecule has 0 spiro atoms. The molecule has 0 aliphatic carbocycles. The van der Waals surface area contributed by atoms with Gasteiger partial charge in [-0.25, -0.2) is 4.79 Å². The average molecular weight is 784 g/mol. The smallest absolute Gasteiger partial charge is 0.338 e. The second-order valence-electron chi connectivity index (χ2n) is 13.8. The summed E-state index contributed by atoms with van der Waals surface area (Å²) in [5.41, 5.74) is 1.52. The number of ether oxygens (including phenoxy) is 8. The minimum absolute atomic E-state index is 0.0610. The van der Waals surface area contributed by atoms with Crippen LogP contribution in [0.2, 0.25) is 5.04 Å². The van der Waals surface area contributed by atoms with Crippen molar-refractivity contribution in [3.05, 3.63) is 90.5 Å². The SMILES string of the molecule is CCCCNc1ccc(C(=O)OCCOCCOCCOCCOCCOCCOCCOCCO[Si](c2ccccc2)(c2ccccc2)C(C)(C)C)cc1. The molecule has 0 heterocycles. The van der Waals surface area contributed by atoms with Crippen LogP contribution in [-0.2, 0) is 42.3 Å². The van der Waals surface area contributed by atoms with Crippen molar-refractivity contribution in [2.45, 2.75) is 45.6 Å². The van der Waals surface area contributed by atoms with Crippen LogP contribution in [0.3, 0.4) is 0 Å². The van der Waals surface area contributed by atoms with Crippen LogP contribution in [-0.4, -0.2) is 127 Å². The minimum atomic E-state index is -2.55. The summed E-state index contributed by atoms with van der Waals surface area (Å²) in [5.74, 6) is -0.359. The van der Waals surface area contributed by atoms with E-state index in [9.17, 15) is 4.79 Å². The van der Waals surface area contributed by atoms with Crippen molar-refractivity contribution in [1.29, 1.82) is 0 Å². The number of nitrogens with one attached hydrogen (secondary N) is 1. The average Bonchev–Trinajstić information content (AvgIpc) is 3.20. The molecule has 12 heteroatoms. The molecule has 0 amide bonds. The minimum Gasteiger partial charge on any atom is -0.460 e. The van der Waals surface area contributed by atoms with Crippen LogP contribution < -0.4 is 15.7 Å². The van der Waals surface area contributed by atoms with Gasteiger partial charge in [-0.05, 0) is 46.1 Å². The molecule has 0 saturated heterocycles. The van der Waals surface area contributed by atoms with E-state index >= 15 is 0 Å². The first-order chi connectivity index (χ1) is 26.9. The lowest BCUT2D eigenvalue weighted by molar-refractivity contribution is -0.0229. The Morgan fingerprint density at radius 1 is 0.527 bits per heavy atom. The predicted molar refractivity (Wildman–Crippen MR) is 219 cm³/mol. The Balaban J connectivity index is 1.06. The number of unbranched alkanes of at least 4 members (excludes halogenated alkanes) is 1. The molecule has 0 aliphatic rings. The molecule has 1 N–H and O–H groups in total. The van der Waals surface area contributed by atoms with Crippen LogP contribution in [0.4, 0.5) is 5.69 Å². The summed E-state index contributed by atoms with van der Waals surface area (Å²) in [4.78, 5) is 12.2. The van der Waals surface area contributed by atoms with Gasteiger partial charge in [0.15, 0.2) is 0 Å². The Morgan fingerprint density at radius 3 is 1.29 bits per heavy atom. The van der Waals surface area contributed by atoms with Crippen molar-refractivity contribution >= 4 is 30.3 Å². The summed E-state index contributed by atoms with van der Waals surface area (Å²) in [5, 5.41) is 5.79. The van der Waals surface area contributed by atoms with E-state index in [4.69, 9.17) is 42.3 Å². The largest absolute Gasteiger partial charge is 0.460 e. The molecule has 3 rings (SSSR count). The number of hydrogen-bond acceptors (Lipinski definition) is 11. The zero-order valence-corrected chi connectivity index (χ0v) is 34.6.